The molecule has 5 heteroatoms. The van der Waals surface area contributed by atoms with Crippen LogP contribution in [0, 0.1) is 0 Å². The molecule has 0 bridgehead atoms. The van der Waals surface area contributed by atoms with E-state index in [1.165, 1.54) is 0 Å². The Morgan fingerprint density at radius 3 is 2.33 bits per heavy atom. The van der Waals surface area contributed by atoms with Crippen LogP contribution in [0.4, 0.5) is 0 Å². The first-order valence-electron chi connectivity index (χ1n) is 10.6. The summed E-state index contributed by atoms with van der Waals surface area (Å²) in [6, 6.07) is 26.8. The molecule has 33 heavy (non-hydrogen) atoms. The molecule has 0 unspecified atom stereocenters. The zero-order chi connectivity index (χ0) is 22.8. The summed E-state index contributed by atoms with van der Waals surface area (Å²) in [5.41, 5.74) is 2.18. The maximum Gasteiger partial charge on any atom is 0.266 e. The number of fused-ring (bicyclic) bond motifs is 2. The summed E-state index contributed by atoms with van der Waals surface area (Å²) in [6.07, 6.45) is 3.80. The zero-order valence-electron chi connectivity index (χ0n) is 18.4. The Bertz CT molecular complexity index is 1550. The minimum absolute atomic E-state index is 0.113. The molecule has 0 N–H and O–H groups in total. The van der Waals surface area contributed by atoms with E-state index in [2.05, 4.69) is 0 Å². The Balaban J connectivity index is 1.76. The molecule has 162 valence electrons. The number of para-hydroxylation sites is 2. The lowest BCUT2D eigenvalue weighted by Gasteiger charge is -2.13. The topological polar surface area (TPSA) is 53.4 Å². The number of hydrogen-bond acceptors (Lipinski definition) is 4. The standard InChI is InChI=1S/C28H22N2O3/c1-32-21-14-12-19-13-16-26(33-2)22(24(19)18-21)15-17-27-29-25-11-7-6-10-23(25)28(31)30(27)20-8-4-3-5-9-20/h3-18H,1-2H3/b17-15+. The van der Waals surface area contributed by atoms with Crippen LogP contribution >= 0.6 is 0 Å². The van der Waals surface area contributed by atoms with Crippen molar-refractivity contribution in [3.05, 3.63) is 107 Å². The van der Waals surface area contributed by atoms with E-state index in [1.54, 1.807) is 24.9 Å². The molecule has 0 aliphatic rings. The molecular formula is C28H22N2O3. The van der Waals surface area contributed by atoms with Gasteiger partial charge in [0.25, 0.3) is 5.56 Å². The Morgan fingerprint density at radius 1 is 0.788 bits per heavy atom. The Labute approximate surface area is 191 Å². The smallest absolute Gasteiger partial charge is 0.266 e. The van der Waals surface area contributed by atoms with Gasteiger partial charge in [-0.2, -0.15) is 0 Å². The molecule has 5 nitrogen and oxygen atoms in total. The van der Waals surface area contributed by atoms with Crippen molar-refractivity contribution in [1.82, 2.24) is 9.55 Å². The molecule has 4 aromatic carbocycles. The van der Waals surface area contributed by atoms with Crippen molar-refractivity contribution in [3.63, 3.8) is 0 Å². The minimum Gasteiger partial charge on any atom is -0.497 e. The van der Waals surface area contributed by atoms with Crippen molar-refractivity contribution in [2.24, 2.45) is 0 Å². The second-order valence-corrected chi connectivity index (χ2v) is 7.57. The predicted octanol–water partition coefficient (Wildman–Crippen LogP) is 5.73. The van der Waals surface area contributed by atoms with Gasteiger partial charge in [-0.15, -0.1) is 0 Å². The first-order chi connectivity index (χ1) is 16.2. The normalized spacial score (nSPS) is 11.3. The maximum atomic E-state index is 13.4. The van der Waals surface area contributed by atoms with Gasteiger partial charge in [-0.1, -0.05) is 42.5 Å². The molecule has 0 fully saturated rings. The van der Waals surface area contributed by atoms with E-state index in [-0.39, 0.29) is 5.56 Å². The summed E-state index contributed by atoms with van der Waals surface area (Å²) in [5.74, 6) is 2.02. The van der Waals surface area contributed by atoms with Gasteiger partial charge >= 0.3 is 0 Å². The monoisotopic (exact) mass is 434 g/mol. The molecule has 0 radical (unpaired) electrons. The fourth-order valence-corrected chi connectivity index (χ4v) is 4.02. The molecule has 0 saturated carbocycles. The van der Waals surface area contributed by atoms with E-state index in [9.17, 15) is 4.79 Å². The van der Waals surface area contributed by atoms with E-state index in [0.717, 1.165) is 33.5 Å². The van der Waals surface area contributed by atoms with Crippen LogP contribution in [0.25, 0.3) is 39.5 Å². The zero-order valence-corrected chi connectivity index (χ0v) is 18.4. The third-order valence-corrected chi connectivity index (χ3v) is 5.67. The largest absolute Gasteiger partial charge is 0.497 e. The van der Waals surface area contributed by atoms with Gasteiger partial charge in [0.15, 0.2) is 0 Å². The van der Waals surface area contributed by atoms with E-state index >= 15 is 0 Å². The fraction of sp³-hybridized carbons (Fsp3) is 0.0714. The molecule has 5 aromatic rings. The molecule has 0 aliphatic carbocycles. The average molecular weight is 434 g/mol. The Kier molecular flexibility index (Phi) is 5.37. The minimum atomic E-state index is -0.113. The molecule has 1 aromatic heterocycles. The van der Waals surface area contributed by atoms with Crippen LogP contribution in [0.1, 0.15) is 11.4 Å². The van der Waals surface area contributed by atoms with E-state index in [0.29, 0.717) is 16.7 Å². The molecule has 0 saturated heterocycles. The third-order valence-electron chi connectivity index (χ3n) is 5.67. The van der Waals surface area contributed by atoms with Gasteiger partial charge < -0.3 is 9.47 Å². The number of benzene rings is 4. The molecular weight excluding hydrogens is 412 g/mol. The van der Waals surface area contributed by atoms with E-state index < -0.39 is 0 Å². The van der Waals surface area contributed by atoms with Gasteiger partial charge in [0.1, 0.15) is 17.3 Å². The van der Waals surface area contributed by atoms with Crippen LogP contribution in [0.15, 0.2) is 89.7 Å². The number of aromatic nitrogens is 2. The van der Waals surface area contributed by atoms with E-state index in [1.807, 2.05) is 91.0 Å². The lowest BCUT2D eigenvalue weighted by atomic mass is 10.0. The second kappa shape index (κ2) is 8.63. The van der Waals surface area contributed by atoms with Gasteiger partial charge in [-0.25, -0.2) is 4.98 Å². The third kappa shape index (κ3) is 3.74. The number of nitrogens with zero attached hydrogens (tertiary/aromatic N) is 2. The predicted molar refractivity (Wildman–Crippen MR) is 133 cm³/mol. The SMILES string of the molecule is COc1ccc2ccc(OC)c(/C=C/c3nc4ccccc4c(=O)n3-c3ccccc3)c2c1. The van der Waals surface area contributed by atoms with Crippen molar-refractivity contribution in [2.75, 3.05) is 14.2 Å². The Morgan fingerprint density at radius 2 is 1.55 bits per heavy atom. The van der Waals surface area contributed by atoms with Crippen molar-refractivity contribution < 1.29 is 9.47 Å². The highest BCUT2D eigenvalue weighted by molar-refractivity contribution is 5.96. The molecule has 1 heterocycles. The summed E-state index contributed by atoms with van der Waals surface area (Å²) in [7, 11) is 3.29. The van der Waals surface area contributed by atoms with Crippen LogP contribution in [-0.4, -0.2) is 23.8 Å². The van der Waals surface area contributed by atoms with Crippen molar-refractivity contribution in [1.29, 1.82) is 0 Å². The Hall–Kier alpha value is -4.38. The molecule has 0 aliphatic heterocycles. The molecule has 5 rings (SSSR count). The molecule has 0 amide bonds. The van der Waals surface area contributed by atoms with Gasteiger partial charge in [-0.05, 0) is 65.4 Å². The number of rotatable bonds is 5. The highest BCUT2D eigenvalue weighted by Crippen LogP contribution is 2.32. The van der Waals surface area contributed by atoms with Crippen molar-refractivity contribution in [3.8, 4) is 17.2 Å². The summed E-state index contributed by atoms with van der Waals surface area (Å²) in [6.45, 7) is 0. The first-order valence-corrected chi connectivity index (χ1v) is 10.6. The van der Waals surface area contributed by atoms with Crippen LogP contribution in [0.3, 0.4) is 0 Å². The molecule has 0 spiro atoms. The average Bonchev–Trinajstić information content (AvgIpc) is 2.87. The lowest BCUT2D eigenvalue weighted by molar-refractivity contribution is 0.413. The number of ether oxygens (including phenoxy) is 2. The highest BCUT2D eigenvalue weighted by Gasteiger charge is 2.12. The lowest BCUT2D eigenvalue weighted by Crippen LogP contribution is -2.22. The second-order valence-electron chi connectivity index (χ2n) is 7.57. The number of hydrogen-bond donors (Lipinski definition) is 0. The van der Waals surface area contributed by atoms with Crippen molar-refractivity contribution in [2.45, 2.75) is 0 Å². The van der Waals surface area contributed by atoms with Gasteiger partial charge in [0.2, 0.25) is 0 Å². The van der Waals surface area contributed by atoms with Gasteiger partial charge in [0, 0.05) is 5.56 Å². The van der Waals surface area contributed by atoms with Crippen molar-refractivity contribution >= 4 is 33.8 Å². The van der Waals surface area contributed by atoms with Crippen LogP contribution in [0.2, 0.25) is 0 Å². The maximum absolute atomic E-state index is 13.4. The number of methoxy groups -OCH3 is 2. The summed E-state index contributed by atoms with van der Waals surface area (Å²) in [5, 5.41) is 2.62. The summed E-state index contributed by atoms with van der Waals surface area (Å²) >= 11 is 0. The first kappa shape index (κ1) is 20.5. The summed E-state index contributed by atoms with van der Waals surface area (Å²) < 4.78 is 12.7. The fourth-order valence-electron chi connectivity index (χ4n) is 4.02. The molecule has 0 atom stereocenters. The highest BCUT2D eigenvalue weighted by atomic mass is 16.5. The van der Waals surface area contributed by atoms with Gasteiger partial charge in [0.05, 0.1) is 30.8 Å². The van der Waals surface area contributed by atoms with Gasteiger partial charge in [-0.3, -0.25) is 9.36 Å². The summed E-state index contributed by atoms with van der Waals surface area (Å²) in [4.78, 5) is 18.2. The van der Waals surface area contributed by atoms with Crippen LogP contribution in [0.5, 0.6) is 11.5 Å². The van der Waals surface area contributed by atoms with E-state index in [4.69, 9.17) is 14.5 Å². The van der Waals surface area contributed by atoms with Crippen LogP contribution < -0.4 is 15.0 Å². The van der Waals surface area contributed by atoms with Crippen LogP contribution in [-0.2, 0) is 0 Å². The quantitative estimate of drug-likeness (QED) is 0.355.